The summed E-state index contributed by atoms with van der Waals surface area (Å²) in [5.74, 6) is 1.02. The van der Waals surface area contributed by atoms with Crippen LogP contribution in [0.1, 0.15) is 56.8 Å². The molecule has 0 bridgehead atoms. The molecule has 1 aromatic carbocycles. The maximum atomic E-state index is 13.5. The van der Waals surface area contributed by atoms with E-state index in [1.807, 2.05) is 20.8 Å². The topological polar surface area (TPSA) is 88.5 Å². The number of nitrogens with zero attached hydrogens (tertiary/aromatic N) is 2. The number of carboxylic acid groups (broad SMARTS) is 1. The Bertz CT molecular complexity index is 724. The Hall–Kier alpha value is -2.48. The minimum Gasteiger partial charge on any atom is -0.490 e. The molecule has 0 unspecified atom stereocenters. The van der Waals surface area contributed by atoms with Gasteiger partial charge < -0.3 is 29.1 Å². The van der Waals surface area contributed by atoms with Crippen LogP contribution in [-0.2, 0) is 4.74 Å². The molecule has 1 aliphatic heterocycles. The van der Waals surface area contributed by atoms with Crippen molar-refractivity contribution in [1.29, 1.82) is 0 Å². The quantitative estimate of drug-likeness (QED) is 0.530. The van der Waals surface area contributed by atoms with E-state index < -0.39 is 6.09 Å². The van der Waals surface area contributed by atoms with Crippen molar-refractivity contribution in [3.63, 3.8) is 0 Å². The lowest BCUT2D eigenvalue weighted by Gasteiger charge is -2.40. The highest BCUT2D eigenvalue weighted by molar-refractivity contribution is 5.95. The summed E-state index contributed by atoms with van der Waals surface area (Å²) in [5, 5.41) is 9.37. The van der Waals surface area contributed by atoms with Crippen LogP contribution >= 0.6 is 0 Å². The Morgan fingerprint density at radius 2 is 1.94 bits per heavy atom. The standard InChI is InChI=1S/C23H36N2O6/c1-5-12-30-20-10-9-18(15-21(20)31-14-7-13-29-4)22(26)25(17(2)3)19-8-6-11-24(16-19)23(27)28/h9-10,15,17,19H,5-8,11-14,16H2,1-4H3,(H,27,28)/t19-/m1/s1. The summed E-state index contributed by atoms with van der Waals surface area (Å²) in [6.45, 7) is 8.39. The summed E-state index contributed by atoms with van der Waals surface area (Å²) in [5.41, 5.74) is 0.506. The highest BCUT2D eigenvalue weighted by Gasteiger charge is 2.32. The highest BCUT2D eigenvalue weighted by atomic mass is 16.5. The third kappa shape index (κ3) is 7.02. The zero-order valence-corrected chi connectivity index (χ0v) is 19.1. The van der Waals surface area contributed by atoms with Crippen molar-refractivity contribution in [2.45, 2.75) is 58.5 Å². The molecule has 8 heteroatoms. The predicted octanol–water partition coefficient (Wildman–Crippen LogP) is 3.88. The lowest BCUT2D eigenvalue weighted by molar-refractivity contribution is 0.0449. The summed E-state index contributed by atoms with van der Waals surface area (Å²) in [6.07, 6.45) is 2.18. The molecule has 1 fully saturated rings. The summed E-state index contributed by atoms with van der Waals surface area (Å²) < 4.78 is 16.8. The molecule has 1 saturated heterocycles. The lowest BCUT2D eigenvalue weighted by atomic mass is 10.0. The predicted molar refractivity (Wildman–Crippen MR) is 118 cm³/mol. The van der Waals surface area contributed by atoms with Crippen molar-refractivity contribution >= 4 is 12.0 Å². The fourth-order valence-electron chi connectivity index (χ4n) is 3.80. The van der Waals surface area contributed by atoms with Gasteiger partial charge in [-0.1, -0.05) is 6.92 Å². The van der Waals surface area contributed by atoms with Gasteiger partial charge in [-0.25, -0.2) is 4.79 Å². The summed E-state index contributed by atoms with van der Waals surface area (Å²) >= 11 is 0. The molecule has 31 heavy (non-hydrogen) atoms. The first-order chi connectivity index (χ1) is 14.9. The molecule has 1 N–H and O–H groups in total. The molecule has 1 aliphatic rings. The number of carbonyl (C=O) groups excluding carboxylic acids is 1. The number of ether oxygens (including phenoxy) is 3. The van der Waals surface area contributed by atoms with Crippen molar-refractivity contribution in [3.05, 3.63) is 23.8 Å². The van der Waals surface area contributed by atoms with Gasteiger partial charge in [0.1, 0.15) is 0 Å². The van der Waals surface area contributed by atoms with E-state index in [0.717, 1.165) is 25.7 Å². The normalized spacial score (nSPS) is 16.3. The molecule has 2 rings (SSSR count). The van der Waals surface area contributed by atoms with Gasteiger partial charge in [-0.05, 0) is 51.3 Å². The van der Waals surface area contributed by atoms with Crippen LogP contribution in [0, 0.1) is 0 Å². The Balaban J connectivity index is 2.24. The number of benzene rings is 1. The second-order valence-electron chi connectivity index (χ2n) is 8.04. The van der Waals surface area contributed by atoms with E-state index in [1.165, 1.54) is 4.90 Å². The zero-order valence-electron chi connectivity index (χ0n) is 19.1. The number of hydrogen-bond acceptors (Lipinski definition) is 5. The number of piperidine rings is 1. The number of hydrogen-bond donors (Lipinski definition) is 1. The van der Waals surface area contributed by atoms with Crippen LogP contribution < -0.4 is 9.47 Å². The van der Waals surface area contributed by atoms with Gasteiger partial charge in [0.15, 0.2) is 11.5 Å². The van der Waals surface area contributed by atoms with Crippen LogP contribution in [0.4, 0.5) is 4.79 Å². The van der Waals surface area contributed by atoms with Gasteiger partial charge >= 0.3 is 6.09 Å². The van der Waals surface area contributed by atoms with Gasteiger partial charge in [0, 0.05) is 44.8 Å². The van der Waals surface area contributed by atoms with Gasteiger partial charge in [0.25, 0.3) is 5.91 Å². The molecule has 2 amide bonds. The number of amides is 2. The van der Waals surface area contributed by atoms with Gasteiger partial charge in [-0.2, -0.15) is 0 Å². The number of carbonyl (C=O) groups is 2. The molecule has 8 nitrogen and oxygen atoms in total. The molecular formula is C23H36N2O6. The Labute approximate surface area is 185 Å². The van der Waals surface area contributed by atoms with Crippen LogP contribution in [0.2, 0.25) is 0 Å². The zero-order chi connectivity index (χ0) is 22.8. The highest BCUT2D eigenvalue weighted by Crippen LogP contribution is 2.30. The van der Waals surface area contributed by atoms with E-state index in [-0.39, 0.29) is 18.0 Å². The fraction of sp³-hybridized carbons (Fsp3) is 0.652. The van der Waals surface area contributed by atoms with Crippen molar-refractivity contribution in [1.82, 2.24) is 9.80 Å². The number of methoxy groups -OCH3 is 1. The first-order valence-corrected chi connectivity index (χ1v) is 11.1. The van der Waals surface area contributed by atoms with Crippen molar-refractivity contribution in [3.8, 4) is 11.5 Å². The molecule has 0 radical (unpaired) electrons. The van der Waals surface area contributed by atoms with Crippen LogP contribution in [-0.4, -0.2) is 79.0 Å². The smallest absolute Gasteiger partial charge is 0.407 e. The maximum absolute atomic E-state index is 13.5. The molecule has 174 valence electrons. The van der Waals surface area contributed by atoms with Gasteiger partial charge in [-0.3, -0.25) is 4.79 Å². The van der Waals surface area contributed by atoms with E-state index in [4.69, 9.17) is 14.2 Å². The molecular weight excluding hydrogens is 400 g/mol. The van der Waals surface area contributed by atoms with E-state index in [1.54, 1.807) is 30.2 Å². The maximum Gasteiger partial charge on any atom is 0.407 e. The minimum atomic E-state index is -0.940. The van der Waals surface area contributed by atoms with Crippen LogP contribution in [0.3, 0.4) is 0 Å². The largest absolute Gasteiger partial charge is 0.490 e. The van der Waals surface area contributed by atoms with Crippen molar-refractivity contribution < 1.29 is 28.9 Å². The van der Waals surface area contributed by atoms with E-state index >= 15 is 0 Å². The Morgan fingerprint density at radius 3 is 2.58 bits per heavy atom. The first-order valence-electron chi connectivity index (χ1n) is 11.1. The van der Waals surface area contributed by atoms with Crippen LogP contribution in [0.5, 0.6) is 11.5 Å². The fourth-order valence-corrected chi connectivity index (χ4v) is 3.80. The van der Waals surface area contributed by atoms with Gasteiger partial charge in [0.2, 0.25) is 0 Å². The third-order valence-electron chi connectivity index (χ3n) is 5.25. The molecule has 1 aromatic rings. The van der Waals surface area contributed by atoms with Crippen molar-refractivity contribution in [2.75, 3.05) is 40.0 Å². The van der Waals surface area contributed by atoms with Gasteiger partial charge in [-0.15, -0.1) is 0 Å². The first kappa shape index (κ1) is 24.8. The van der Waals surface area contributed by atoms with E-state index in [9.17, 15) is 14.7 Å². The van der Waals surface area contributed by atoms with E-state index in [2.05, 4.69) is 0 Å². The molecule has 0 aromatic heterocycles. The number of rotatable bonds is 11. The van der Waals surface area contributed by atoms with Crippen LogP contribution in [0.25, 0.3) is 0 Å². The second-order valence-corrected chi connectivity index (χ2v) is 8.04. The Morgan fingerprint density at radius 1 is 1.19 bits per heavy atom. The molecule has 0 saturated carbocycles. The van der Waals surface area contributed by atoms with Crippen molar-refractivity contribution in [2.24, 2.45) is 0 Å². The molecule has 0 aliphatic carbocycles. The summed E-state index contributed by atoms with van der Waals surface area (Å²) in [4.78, 5) is 28.1. The summed E-state index contributed by atoms with van der Waals surface area (Å²) in [7, 11) is 1.65. The number of likely N-dealkylation sites (tertiary alicyclic amines) is 1. The summed E-state index contributed by atoms with van der Waals surface area (Å²) in [6, 6.07) is 5.04. The minimum absolute atomic E-state index is 0.0617. The molecule has 1 heterocycles. The second kappa shape index (κ2) is 12.4. The molecule has 0 spiro atoms. The average molecular weight is 437 g/mol. The van der Waals surface area contributed by atoms with Crippen LogP contribution in [0.15, 0.2) is 18.2 Å². The van der Waals surface area contributed by atoms with Gasteiger partial charge in [0.05, 0.1) is 19.3 Å². The van der Waals surface area contributed by atoms with E-state index in [0.29, 0.717) is 50.0 Å². The average Bonchev–Trinajstić information content (AvgIpc) is 2.75. The molecule has 1 atom stereocenters. The third-order valence-corrected chi connectivity index (χ3v) is 5.25. The lowest BCUT2D eigenvalue weighted by Crippen LogP contribution is -2.53. The monoisotopic (exact) mass is 436 g/mol. The SMILES string of the molecule is CCCOc1ccc(C(=O)N(C(C)C)[C@@H]2CCCN(C(=O)O)C2)cc1OCCCOC. The Kier molecular flexibility index (Phi) is 9.91.